The van der Waals surface area contributed by atoms with Crippen LogP contribution in [-0.2, 0) is 4.74 Å². The molecule has 16 heavy (non-hydrogen) atoms. The second-order valence-corrected chi connectivity index (χ2v) is 5.19. The van der Waals surface area contributed by atoms with E-state index in [0.717, 1.165) is 25.9 Å². The molecule has 1 heterocycles. The number of likely N-dealkylation sites (tertiary alicyclic amines) is 1. The van der Waals surface area contributed by atoms with Crippen LogP contribution in [0, 0.1) is 5.92 Å². The molecule has 3 atom stereocenters. The van der Waals surface area contributed by atoms with Gasteiger partial charge < -0.3 is 14.7 Å². The van der Waals surface area contributed by atoms with E-state index < -0.39 is 0 Å². The maximum atomic E-state index is 9.17. The lowest BCUT2D eigenvalue weighted by Crippen LogP contribution is -2.44. The summed E-state index contributed by atoms with van der Waals surface area (Å²) in [7, 11) is 1.82. The van der Waals surface area contributed by atoms with Gasteiger partial charge in [0.2, 0.25) is 0 Å². The van der Waals surface area contributed by atoms with Crippen molar-refractivity contribution >= 4 is 0 Å². The molecule has 96 valence electrons. The number of aliphatic hydroxyl groups excluding tert-OH is 1. The molecule has 0 saturated carbocycles. The number of unbranched alkanes of at least 4 members (excludes halogenated alkanes) is 1. The molecular formula is C13H27NO2. The first-order valence-electron chi connectivity index (χ1n) is 6.56. The Morgan fingerprint density at radius 2 is 2.19 bits per heavy atom. The lowest BCUT2D eigenvalue weighted by Gasteiger charge is -2.36. The van der Waals surface area contributed by atoms with Crippen LogP contribution in [0.1, 0.15) is 39.5 Å². The SMILES string of the molecule is COC1CN(CCCCC(C)O)CCC1C. The van der Waals surface area contributed by atoms with E-state index >= 15 is 0 Å². The van der Waals surface area contributed by atoms with Crippen molar-refractivity contribution in [3.8, 4) is 0 Å². The van der Waals surface area contributed by atoms with Gasteiger partial charge >= 0.3 is 0 Å². The fourth-order valence-electron chi connectivity index (χ4n) is 2.38. The van der Waals surface area contributed by atoms with Crippen molar-refractivity contribution in [2.45, 2.75) is 51.7 Å². The summed E-state index contributed by atoms with van der Waals surface area (Å²) in [5.74, 6) is 0.693. The maximum Gasteiger partial charge on any atom is 0.0724 e. The predicted molar refractivity (Wildman–Crippen MR) is 66.5 cm³/mol. The normalized spacial score (nSPS) is 29.2. The van der Waals surface area contributed by atoms with E-state index in [1.54, 1.807) is 0 Å². The number of methoxy groups -OCH3 is 1. The van der Waals surface area contributed by atoms with E-state index in [1.807, 2.05) is 14.0 Å². The molecule has 0 spiro atoms. The highest BCUT2D eigenvalue weighted by Crippen LogP contribution is 2.19. The van der Waals surface area contributed by atoms with E-state index in [1.165, 1.54) is 19.4 Å². The molecule has 0 radical (unpaired) electrons. The molecule has 1 saturated heterocycles. The minimum absolute atomic E-state index is 0.145. The van der Waals surface area contributed by atoms with Crippen LogP contribution in [0.4, 0.5) is 0 Å². The minimum Gasteiger partial charge on any atom is -0.393 e. The molecule has 0 aromatic rings. The summed E-state index contributed by atoms with van der Waals surface area (Å²) in [6, 6.07) is 0. The summed E-state index contributed by atoms with van der Waals surface area (Å²) in [6.45, 7) is 7.57. The highest BCUT2D eigenvalue weighted by molar-refractivity contribution is 4.78. The molecule has 1 rings (SSSR count). The van der Waals surface area contributed by atoms with E-state index in [0.29, 0.717) is 12.0 Å². The molecule has 1 aliphatic rings. The number of piperidine rings is 1. The van der Waals surface area contributed by atoms with Gasteiger partial charge in [-0.1, -0.05) is 6.92 Å². The lowest BCUT2D eigenvalue weighted by molar-refractivity contribution is -0.00544. The number of nitrogens with zero attached hydrogens (tertiary/aromatic N) is 1. The van der Waals surface area contributed by atoms with Gasteiger partial charge in [0, 0.05) is 13.7 Å². The molecule has 1 aliphatic heterocycles. The topological polar surface area (TPSA) is 32.7 Å². The average molecular weight is 229 g/mol. The monoisotopic (exact) mass is 229 g/mol. The Labute approximate surface area is 99.8 Å². The van der Waals surface area contributed by atoms with Crippen LogP contribution in [0.3, 0.4) is 0 Å². The van der Waals surface area contributed by atoms with Crippen molar-refractivity contribution in [2.24, 2.45) is 5.92 Å². The van der Waals surface area contributed by atoms with E-state index in [-0.39, 0.29) is 6.10 Å². The summed E-state index contributed by atoms with van der Waals surface area (Å²) >= 11 is 0. The van der Waals surface area contributed by atoms with Gasteiger partial charge in [-0.25, -0.2) is 0 Å². The van der Waals surface area contributed by atoms with Gasteiger partial charge in [0.15, 0.2) is 0 Å². The van der Waals surface area contributed by atoms with Gasteiger partial charge in [0.1, 0.15) is 0 Å². The average Bonchev–Trinajstić information content (AvgIpc) is 2.26. The van der Waals surface area contributed by atoms with E-state index in [2.05, 4.69) is 11.8 Å². The Morgan fingerprint density at radius 1 is 1.44 bits per heavy atom. The number of ether oxygens (including phenoxy) is 1. The summed E-state index contributed by atoms with van der Waals surface area (Å²) in [5.41, 5.74) is 0. The Balaban J connectivity index is 2.13. The molecule has 0 aromatic carbocycles. The minimum atomic E-state index is -0.145. The van der Waals surface area contributed by atoms with Gasteiger partial charge in [-0.15, -0.1) is 0 Å². The van der Waals surface area contributed by atoms with Crippen molar-refractivity contribution in [3.63, 3.8) is 0 Å². The van der Waals surface area contributed by atoms with Crippen molar-refractivity contribution < 1.29 is 9.84 Å². The highest BCUT2D eigenvalue weighted by Gasteiger charge is 2.25. The van der Waals surface area contributed by atoms with E-state index in [4.69, 9.17) is 4.74 Å². The molecule has 0 amide bonds. The third kappa shape index (κ3) is 4.81. The third-order valence-electron chi connectivity index (χ3n) is 3.62. The molecule has 3 heteroatoms. The van der Waals surface area contributed by atoms with E-state index in [9.17, 15) is 5.11 Å². The van der Waals surface area contributed by atoms with Crippen LogP contribution in [0.2, 0.25) is 0 Å². The Hall–Kier alpha value is -0.120. The Morgan fingerprint density at radius 3 is 2.81 bits per heavy atom. The number of hydrogen-bond acceptors (Lipinski definition) is 3. The Bertz CT molecular complexity index is 185. The van der Waals surface area contributed by atoms with Gasteiger partial charge in [0.05, 0.1) is 12.2 Å². The standard InChI is InChI=1S/C13H27NO2/c1-11-7-9-14(10-13(11)16-3)8-5-4-6-12(2)15/h11-13,15H,4-10H2,1-3H3. The second kappa shape index (κ2) is 7.25. The van der Waals surface area contributed by atoms with Crippen LogP contribution in [0.5, 0.6) is 0 Å². The molecular weight excluding hydrogens is 202 g/mol. The van der Waals surface area contributed by atoms with Crippen molar-refractivity contribution in [3.05, 3.63) is 0 Å². The predicted octanol–water partition coefficient (Wildman–Crippen LogP) is 1.89. The summed E-state index contributed by atoms with van der Waals surface area (Å²) in [5, 5.41) is 9.17. The van der Waals surface area contributed by atoms with Crippen LogP contribution >= 0.6 is 0 Å². The smallest absolute Gasteiger partial charge is 0.0724 e. The zero-order valence-electron chi connectivity index (χ0n) is 11.0. The molecule has 0 aromatic heterocycles. The first-order chi connectivity index (χ1) is 7.63. The van der Waals surface area contributed by atoms with Crippen LogP contribution in [-0.4, -0.2) is 49.0 Å². The second-order valence-electron chi connectivity index (χ2n) is 5.19. The maximum absolute atomic E-state index is 9.17. The zero-order valence-corrected chi connectivity index (χ0v) is 11.0. The quantitative estimate of drug-likeness (QED) is 0.706. The molecule has 0 aliphatic carbocycles. The number of hydrogen-bond donors (Lipinski definition) is 1. The molecule has 3 unspecified atom stereocenters. The van der Waals surface area contributed by atoms with Gasteiger partial charge in [-0.05, 0) is 51.6 Å². The van der Waals surface area contributed by atoms with Gasteiger partial charge in [-0.2, -0.15) is 0 Å². The lowest BCUT2D eigenvalue weighted by atomic mass is 9.95. The van der Waals surface area contributed by atoms with Crippen LogP contribution in [0.15, 0.2) is 0 Å². The van der Waals surface area contributed by atoms with Crippen molar-refractivity contribution in [1.29, 1.82) is 0 Å². The number of aliphatic hydroxyl groups is 1. The van der Waals surface area contributed by atoms with Gasteiger partial charge in [0.25, 0.3) is 0 Å². The van der Waals surface area contributed by atoms with Gasteiger partial charge in [-0.3, -0.25) is 0 Å². The first kappa shape index (κ1) is 13.9. The third-order valence-corrected chi connectivity index (χ3v) is 3.62. The fraction of sp³-hybridized carbons (Fsp3) is 1.00. The molecule has 0 bridgehead atoms. The summed E-state index contributed by atoms with van der Waals surface area (Å²) in [4.78, 5) is 2.50. The zero-order chi connectivity index (χ0) is 12.0. The molecule has 1 N–H and O–H groups in total. The molecule has 3 nitrogen and oxygen atoms in total. The fourth-order valence-corrected chi connectivity index (χ4v) is 2.38. The largest absolute Gasteiger partial charge is 0.393 e. The summed E-state index contributed by atoms with van der Waals surface area (Å²) in [6.07, 6.45) is 4.75. The van der Waals surface area contributed by atoms with Crippen LogP contribution < -0.4 is 0 Å². The first-order valence-corrected chi connectivity index (χ1v) is 6.56. The highest BCUT2D eigenvalue weighted by atomic mass is 16.5. The molecule has 1 fully saturated rings. The summed E-state index contributed by atoms with van der Waals surface area (Å²) < 4.78 is 5.50. The Kier molecular flexibility index (Phi) is 6.32. The van der Waals surface area contributed by atoms with Crippen molar-refractivity contribution in [1.82, 2.24) is 4.90 Å². The van der Waals surface area contributed by atoms with Crippen LogP contribution in [0.25, 0.3) is 0 Å². The van der Waals surface area contributed by atoms with Crippen molar-refractivity contribution in [2.75, 3.05) is 26.7 Å². The number of rotatable bonds is 6.